The van der Waals surface area contributed by atoms with Crippen LogP contribution in [0.5, 0.6) is 0 Å². The topological polar surface area (TPSA) is 89.3 Å². The highest BCUT2D eigenvalue weighted by Crippen LogP contribution is 2.11. The van der Waals surface area contributed by atoms with Gasteiger partial charge in [0.2, 0.25) is 5.91 Å². The molecule has 0 radical (unpaired) electrons. The Labute approximate surface area is 101 Å². The smallest absolute Gasteiger partial charge is 0.239 e. The van der Waals surface area contributed by atoms with E-state index in [4.69, 9.17) is 5.73 Å². The molecule has 0 aromatic heterocycles. The fourth-order valence-corrected chi connectivity index (χ4v) is 2.63. The van der Waals surface area contributed by atoms with Crippen molar-refractivity contribution in [2.45, 2.75) is 13.3 Å². The van der Waals surface area contributed by atoms with Gasteiger partial charge in [-0.25, -0.2) is 8.42 Å². The van der Waals surface area contributed by atoms with Gasteiger partial charge >= 0.3 is 0 Å². The number of hydrogen-bond donors (Lipinski definition) is 2. The Bertz CT molecular complexity index is 497. The second kappa shape index (κ2) is 5.67. The van der Waals surface area contributed by atoms with E-state index in [1.54, 1.807) is 31.2 Å². The van der Waals surface area contributed by atoms with Gasteiger partial charge in [0.25, 0.3) is 0 Å². The quantitative estimate of drug-likeness (QED) is 0.770. The summed E-state index contributed by atoms with van der Waals surface area (Å²) < 4.78 is 22.8. The molecule has 0 saturated heterocycles. The van der Waals surface area contributed by atoms with Gasteiger partial charge in [0.05, 0.1) is 5.75 Å². The molecular weight excluding hydrogens is 240 g/mol. The number of carbonyl (C=O) groups is 1. The van der Waals surface area contributed by atoms with Gasteiger partial charge in [0.1, 0.15) is 5.75 Å². The van der Waals surface area contributed by atoms with Crippen molar-refractivity contribution >= 4 is 27.1 Å². The van der Waals surface area contributed by atoms with Gasteiger partial charge in [0, 0.05) is 11.4 Å². The van der Waals surface area contributed by atoms with Crippen LogP contribution in [0.2, 0.25) is 0 Å². The maximum absolute atomic E-state index is 11.5. The van der Waals surface area contributed by atoms with E-state index in [-0.39, 0.29) is 5.75 Å². The molecule has 0 aliphatic heterocycles. The zero-order valence-corrected chi connectivity index (χ0v) is 10.5. The molecular formula is C11H16N2O3S. The van der Waals surface area contributed by atoms with Crippen LogP contribution >= 0.6 is 0 Å². The van der Waals surface area contributed by atoms with Crippen LogP contribution in [-0.4, -0.2) is 25.8 Å². The minimum Gasteiger partial charge on any atom is -0.399 e. The van der Waals surface area contributed by atoms with Crippen LogP contribution < -0.4 is 11.1 Å². The highest BCUT2D eigenvalue weighted by atomic mass is 32.2. The van der Waals surface area contributed by atoms with Gasteiger partial charge in [-0.1, -0.05) is 13.0 Å². The first-order chi connectivity index (χ1) is 7.93. The van der Waals surface area contributed by atoms with Crippen molar-refractivity contribution in [1.29, 1.82) is 0 Å². The minimum atomic E-state index is -3.30. The Kier molecular flexibility index (Phi) is 4.51. The summed E-state index contributed by atoms with van der Waals surface area (Å²) in [5.74, 6) is -1.00. The third-order valence-electron chi connectivity index (χ3n) is 2.04. The second-order valence-electron chi connectivity index (χ2n) is 3.77. The van der Waals surface area contributed by atoms with Crippen LogP contribution in [0.15, 0.2) is 24.3 Å². The summed E-state index contributed by atoms with van der Waals surface area (Å²) in [6, 6.07) is 6.60. The number of benzene rings is 1. The van der Waals surface area contributed by atoms with E-state index in [9.17, 15) is 13.2 Å². The van der Waals surface area contributed by atoms with Crippen molar-refractivity contribution in [3.8, 4) is 0 Å². The molecule has 3 N–H and O–H groups in total. The number of nitrogen functional groups attached to an aromatic ring is 1. The van der Waals surface area contributed by atoms with Crippen molar-refractivity contribution in [1.82, 2.24) is 0 Å². The fraction of sp³-hybridized carbons (Fsp3) is 0.364. The van der Waals surface area contributed by atoms with Gasteiger partial charge in [-0.15, -0.1) is 0 Å². The zero-order valence-electron chi connectivity index (χ0n) is 9.64. The molecule has 0 saturated carbocycles. The van der Waals surface area contributed by atoms with Crippen LogP contribution in [-0.2, 0) is 14.6 Å². The molecule has 6 heteroatoms. The third-order valence-corrected chi connectivity index (χ3v) is 3.77. The first kappa shape index (κ1) is 13.5. The van der Waals surface area contributed by atoms with E-state index < -0.39 is 21.5 Å². The summed E-state index contributed by atoms with van der Waals surface area (Å²) in [6.45, 7) is 1.76. The molecule has 0 unspecified atom stereocenters. The Hall–Kier alpha value is -1.56. The van der Waals surface area contributed by atoms with E-state index in [1.807, 2.05) is 0 Å². The summed E-state index contributed by atoms with van der Waals surface area (Å²) >= 11 is 0. The van der Waals surface area contributed by atoms with Crippen molar-refractivity contribution in [3.63, 3.8) is 0 Å². The highest BCUT2D eigenvalue weighted by molar-refractivity contribution is 7.92. The Morgan fingerprint density at radius 3 is 2.71 bits per heavy atom. The lowest BCUT2D eigenvalue weighted by atomic mass is 10.3. The minimum absolute atomic E-state index is 0.0251. The van der Waals surface area contributed by atoms with E-state index in [2.05, 4.69) is 5.32 Å². The number of hydrogen-bond acceptors (Lipinski definition) is 4. The van der Waals surface area contributed by atoms with Crippen LogP contribution in [0.3, 0.4) is 0 Å². The maximum atomic E-state index is 11.5. The Balaban J connectivity index is 2.62. The van der Waals surface area contributed by atoms with E-state index in [1.165, 1.54) is 0 Å². The molecule has 1 aromatic rings. The van der Waals surface area contributed by atoms with Crippen molar-refractivity contribution in [2.24, 2.45) is 0 Å². The zero-order chi connectivity index (χ0) is 12.9. The van der Waals surface area contributed by atoms with Gasteiger partial charge in [-0.3, -0.25) is 4.79 Å². The fourth-order valence-electron chi connectivity index (χ4n) is 1.40. The number of nitrogens with two attached hydrogens (primary N) is 1. The molecule has 0 spiro atoms. The number of anilines is 2. The number of sulfone groups is 1. The highest BCUT2D eigenvalue weighted by Gasteiger charge is 2.15. The molecule has 1 rings (SSSR count). The van der Waals surface area contributed by atoms with E-state index >= 15 is 0 Å². The Morgan fingerprint density at radius 2 is 2.12 bits per heavy atom. The molecule has 0 bridgehead atoms. The van der Waals surface area contributed by atoms with E-state index in [0.717, 1.165) is 0 Å². The molecule has 17 heavy (non-hydrogen) atoms. The average molecular weight is 256 g/mol. The molecule has 0 atom stereocenters. The average Bonchev–Trinajstić information content (AvgIpc) is 2.15. The molecule has 1 aromatic carbocycles. The molecule has 0 heterocycles. The van der Waals surface area contributed by atoms with Gasteiger partial charge in [0.15, 0.2) is 9.84 Å². The Morgan fingerprint density at radius 1 is 1.41 bits per heavy atom. The number of amides is 1. The summed E-state index contributed by atoms with van der Waals surface area (Å²) in [6.07, 6.45) is 0.508. The summed E-state index contributed by atoms with van der Waals surface area (Å²) in [5, 5.41) is 2.50. The maximum Gasteiger partial charge on any atom is 0.239 e. The monoisotopic (exact) mass is 256 g/mol. The lowest BCUT2D eigenvalue weighted by Crippen LogP contribution is -2.24. The number of carbonyl (C=O) groups excluding carboxylic acids is 1. The van der Waals surface area contributed by atoms with Crippen LogP contribution in [0.25, 0.3) is 0 Å². The number of nitrogens with one attached hydrogen (secondary N) is 1. The third kappa shape index (κ3) is 4.86. The predicted molar refractivity (Wildman–Crippen MR) is 68.4 cm³/mol. The van der Waals surface area contributed by atoms with Gasteiger partial charge < -0.3 is 11.1 Å². The summed E-state index contributed by atoms with van der Waals surface area (Å²) in [4.78, 5) is 11.5. The largest absolute Gasteiger partial charge is 0.399 e. The SMILES string of the molecule is CCCS(=O)(=O)CC(=O)Nc1cccc(N)c1. The van der Waals surface area contributed by atoms with Crippen molar-refractivity contribution in [3.05, 3.63) is 24.3 Å². The normalized spacial score (nSPS) is 11.1. The summed E-state index contributed by atoms with van der Waals surface area (Å²) in [7, 11) is -3.30. The van der Waals surface area contributed by atoms with Crippen LogP contribution in [0, 0.1) is 0 Å². The molecule has 94 valence electrons. The molecule has 5 nitrogen and oxygen atoms in total. The molecule has 0 aliphatic rings. The molecule has 0 fully saturated rings. The first-order valence-electron chi connectivity index (χ1n) is 5.29. The van der Waals surface area contributed by atoms with Gasteiger partial charge in [-0.2, -0.15) is 0 Å². The standard InChI is InChI=1S/C11H16N2O3S/c1-2-6-17(15,16)8-11(14)13-10-5-3-4-9(12)7-10/h3-5,7H,2,6,8,12H2,1H3,(H,13,14). The van der Waals surface area contributed by atoms with Crippen molar-refractivity contribution < 1.29 is 13.2 Å². The van der Waals surface area contributed by atoms with E-state index in [0.29, 0.717) is 17.8 Å². The molecule has 0 aliphatic carbocycles. The summed E-state index contributed by atoms with van der Waals surface area (Å²) in [5.41, 5.74) is 6.55. The molecule has 1 amide bonds. The first-order valence-corrected chi connectivity index (χ1v) is 7.11. The predicted octanol–water partition coefficient (Wildman–Crippen LogP) is 1.03. The number of rotatable bonds is 5. The van der Waals surface area contributed by atoms with Crippen LogP contribution in [0.4, 0.5) is 11.4 Å². The van der Waals surface area contributed by atoms with Crippen LogP contribution in [0.1, 0.15) is 13.3 Å². The van der Waals surface area contributed by atoms with Gasteiger partial charge in [-0.05, 0) is 24.6 Å². The lowest BCUT2D eigenvalue weighted by molar-refractivity contribution is -0.113. The second-order valence-corrected chi connectivity index (χ2v) is 5.95. The lowest BCUT2D eigenvalue weighted by Gasteiger charge is -2.06. The van der Waals surface area contributed by atoms with Crippen molar-refractivity contribution in [2.75, 3.05) is 22.6 Å².